The minimum atomic E-state index is 0.264. The molecule has 2 atom stereocenters. The van der Waals surface area contributed by atoms with Gasteiger partial charge >= 0.3 is 0 Å². The van der Waals surface area contributed by atoms with Gasteiger partial charge in [0.25, 0.3) is 0 Å². The highest BCUT2D eigenvalue weighted by Gasteiger charge is 2.33. The van der Waals surface area contributed by atoms with Gasteiger partial charge in [-0.2, -0.15) is 0 Å². The van der Waals surface area contributed by atoms with Gasteiger partial charge < -0.3 is 0 Å². The van der Waals surface area contributed by atoms with Crippen LogP contribution in [0.1, 0.15) is 36.9 Å². The van der Waals surface area contributed by atoms with Crippen molar-refractivity contribution in [2.24, 2.45) is 11.8 Å². The quantitative estimate of drug-likeness (QED) is 0.263. The first-order valence-corrected chi connectivity index (χ1v) is 16.7. The van der Waals surface area contributed by atoms with E-state index in [0.717, 1.165) is 42.6 Å². The highest BCUT2D eigenvalue weighted by Crippen LogP contribution is 2.42. The molecule has 0 amide bonds. The van der Waals surface area contributed by atoms with Crippen molar-refractivity contribution >= 4 is 34.4 Å². The molecule has 0 radical (unpaired) electrons. The lowest BCUT2D eigenvalue weighted by atomic mass is 9.69. The molecule has 9 rings (SSSR count). The molecule has 0 N–H and O–H groups in total. The van der Waals surface area contributed by atoms with E-state index < -0.39 is 0 Å². The van der Waals surface area contributed by atoms with E-state index >= 15 is 0 Å². The fourth-order valence-electron chi connectivity index (χ4n) is 8.25. The predicted octanol–water partition coefficient (Wildman–Crippen LogP) is 5.67. The average molecular weight is 590 g/mol. The van der Waals surface area contributed by atoms with Crippen LogP contribution in [-0.4, -0.2) is 4.98 Å². The molecule has 0 bridgehead atoms. The first kappa shape index (κ1) is 27.1. The normalized spacial score (nSPS) is 19.4. The maximum absolute atomic E-state index is 5.28. The molecular formula is C45H35N. The first-order chi connectivity index (χ1) is 22.8. The predicted molar refractivity (Wildman–Crippen MR) is 191 cm³/mol. The van der Waals surface area contributed by atoms with E-state index in [1.165, 1.54) is 59.2 Å². The molecule has 0 aliphatic heterocycles. The fourth-order valence-corrected chi connectivity index (χ4v) is 8.25. The molecule has 220 valence electrons. The molecule has 0 spiro atoms. The second-order valence-corrected chi connectivity index (χ2v) is 12.8. The zero-order valence-corrected chi connectivity index (χ0v) is 25.9. The van der Waals surface area contributed by atoms with Crippen LogP contribution in [0.5, 0.6) is 0 Å². The topological polar surface area (TPSA) is 12.9 Å². The Bertz CT molecular complexity index is 2490. The monoisotopic (exact) mass is 589 g/mol. The van der Waals surface area contributed by atoms with E-state index in [0.29, 0.717) is 5.92 Å². The average Bonchev–Trinajstić information content (AvgIpc) is 3.13. The van der Waals surface area contributed by atoms with E-state index in [1.807, 2.05) is 0 Å². The van der Waals surface area contributed by atoms with Gasteiger partial charge in [0.1, 0.15) is 0 Å². The van der Waals surface area contributed by atoms with E-state index in [1.54, 1.807) is 0 Å². The van der Waals surface area contributed by atoms with Crippen molar-refractivity contribution in [3.05, 3.63) is 182 Å². The number of fused-ring (bicyclic) bond motifs is 4. The summed E-state index contributed by atoms with van der Waals surface area (Å²) in [6.45, 7) is 0. The summed E-state index contributed by atoms with van der Waals surface area (Å²) in [6.07, 6.45) is 18.3. The molecule has 1 aromatic heterocycles. The number of aromatic nitrogens is 1. The van der Waals surface area contributed by atoms with Gasteiger partial charge in [0, 0.05) is 17.4 Å². The summed E-state index contributed by atoms with van der Waals surface area (Å²) in [5.41, 5.74) is 10.3. The SMILES string of the molecule is C1=CC2C(C3=c4ccccc4=CCC3)=c3ccccc3=C(c3cccc(-c4cccc(C5=c6ccccc6=CCC5)n4)c3)C2C=C1. The zero-order chi connectivity index (χ0) is 30.5. The number of hydrogen-bond acceptors (Lipinski definition) is 1. The van der Waals surface area contributed by atoms with Crippen molar-refractivity contribution in [2.75, 3.05) is 0 Å². The Kier molecular flexibility index (Phi) is 6.63. The Morgan fingerprint density at radius 2 is 1.00 bits per heavy atom. The van der Waals surface area contributed by atoms with Gasteiger partial charge in [-0.15, -0.1) is 0 Å². The molecule has 4 aliphatic rings. The molecule has 0 saturated heterocycles. The summed E-state index contributed by atoms with van der Waals surface area (Å²) in [5.74, 6) is 0.557. The fraction of sp³-hybridized carbons (Fsp3) is 0.133. The maximum atomic E-state index is 5.28. The Morgan fingerprint density at radius 3 is 1.74 bits per heavy atom. The van der Waals surface area contributed by atoms with Crippen molar-refractivity contribution in [3.63, 3.8) is 0 Å². The van der Waals surface area contributed by atoms with Crippen LogP contribution in [0.4, 0.5) is 0 Å². The number of allylic oxidation sites excluding steroid dienone is 4. The Labute approximate surface area is 269 Å². The van der Waals surface area contributed by atoms with Gasteiger partial charge in [-0.05, 0) is 103 Å². The first-order valence-electron chi connectivity index (χ1n) is 16.7. The van der Waals surface area contributed by atoms with Gasteiger partial charge in [-0.1, -0.05) is 134 Å². The lowest BCUT2D eigenvalue weighted by Gasteiger charge is -2.34. The smallest absolute Gasteiger partial charge is 0.0709 e. The third-order valence-electron chi connectivity index (χ3n) is 10.3. The molecule has 1 nitrogen and oxygen atoms in total. The Balaban J connectivity index is 1.25. The van der Waals surface area contributed by atoms with E-state index in [2.05, 4.69) is 152 Å². The zero-order valence-electron chi connectivity index (χ0n) is 25.9. The molecule has 1 heterocycles. The van der Waals surface area contributed by atoms with Crippen molar-refractivity contribution in [3.8, 4) is 11.3 Å². The highest BCUT2D eigenvalue weighted by molar-refractivity contribution is 5.94. The summed E-state index contributed by atoms with van der Waals surface area (Å²) >= 11 is 0. The lowest BCUT2D eigenvalue weighted by Crippen LogP contribution is -2.42. The van der Waals surface area contributed by atoms with Crippen molar-refractivity contribution in [1.82, 2.24) is 4.98 Å². The van der Waals surface area contributed by atoms with E-state index in [-0.39, 0.29) is 5.92 Å². The van der Waals surface area contributed by atoms with Crippen LogP contribution in [0.15, 0.2) is 140 Å². The van der Waals surface area contributed by atoms with E-state index in [9.17, 15) is 0 Å². The van der Waals surface area contributed by atoms with Crippen molar-refractivity contribution in [1.29, 1.82) is 0 Å². The second-order valence-electron chi connectivity index (χ2n) is 12.8. The number of pyridine rings is 1. The molecular weight excluding hydrogens is 555 g/mol. The summed E-state index contributed by atoms with van der Waals surface area (Å²) < 4.78 is 0. The number of rotatable bonds is 4. The Hall–Kier alpha value is -5.27. The minimum Gasteiger partial charge on any atom is -0.248 e. The molecule has 4 aliphatic carbocycles. The van der Waals surface area contributed by atoms with Crippen LogP contribution in [0.2, 0.25) is 0 Å². The van der Waals surface area contributed by atoms with Crippen LogP contribution in [0.25, 0.3) is 45.7 Å². The molecule has 1 heteroatoms. The van der Waals surface area contributed by atoms with Crippen molar-refractivity contribution < 1.29 is 0 Å². The maximum Gasteiger partial charge on any atom is 0.0709 e. The van der Waals surface area contributed by atoms with Gasteiger partial charge in [0.2, 0.25) is 0 Å². The van der Waals surface area contributed by atoms with Crippen molar-refractivity contribution in [2.45, 2.75) is 25.7 Å². The van der Waals surface area contributed by atoms with Gasteiger partial charge in [-0.25, -0.2) is 4.98 Å². The second kappa shape index (κ2) is 11.3. The summed E-state index contributed by atoms with van der Waals surface area (Å²) in [5, 5.41) is 8.12. The largest absolute Gasteiger partial charge is 0.248 e. The van der Waals surface area contributed by atoms with Gasteiger partial charge in [0.05, 0.1) is 11.4 Å². The molecule has 4 aromatic carbocycles. The summed E-state index contributed by atoms with van der Waals surface area (Å²) in [6, 6.07) is 42.4. The number of nitrogens with zero attached hydrogens (tertiary/aromatic N) is 1. The standard InChI is InChI=1S/C45H35N/c1-3-19-34-30(13-1)15-10-25-36(34)43-28-12-27-42(46-43)32-17-9-18-33(29-32)44-38-21-5-7-23-40(38)45(41-24-8-6-22-39(41)44)37-26-11-16-31-14-2-4-20-35(31)37/h1-9,12-24,27-29,38,40H,10-11,25-26H2. The molecule has 2 unspecified atom stereocenters. The third kappa shape index (κ3) is 4.50. The molecule has 0 saturated carbocycles. The minimum absolute atomic E-state index is 0.264. The number of hydrogen-bond donors (Lipinski definition) is 0. The van der Waals surface area contributed by atoms with Crippen LogP contribution >= 0.6 is 0 Å². The highest BCUT2D eigenvalue weighted by atomic mass is 14.7. The van der Waals surface area contributed by atoms with Crippen LogP contribution < -0.4 is 31.3 Å². The molecule has 46 heavy (non-hydrogen) atoms. The van der Waals surface area contributed by atoms with Crippen LogP contribution in [-0.2, 0) is 0 Å². The van der Waals surface area contributed by atoms with Gasteiger partial charge in [0.15, 0.2) is 0 Å². The Morgan fingerprint density at radius 1 is 0.457 bits per heavy atom. The van der Waals surface area contributed by atoms with E-state index in [4.69, 9.17) is 4.98 Å². The summed E-state index contributed by atoms with van der Waals surface area (Å²) in [7, 11) is 0. The van der Waals surface area contributed by atoms with Gasteiger partial charge in [-0.3, -0.25) is 0 Å². The van der Waals surface area contributed by atoms with Crippen LogP contribution in [0, 0.1) is 11.8 Å². The summed E-state index contributed by atoms with van der Waals surface area (Å²) in [4.78, 5) is 5.28. The molecule has 5 aromatic rings. The lowest BCUT2D eigenvalue weighted by molar-refractivity contribution is 0.688. The number of benzene rings is 4. The third-order valence-corrected chi connectivity index (χ3v) is 10.3. The van der Waals surface area contributed by atoms with Crippen LogP contribution in [0.3, 0.4) is 0 Å². The molecule has 0 fully saturated rings.